The fourth-order valence-corrected chi connectivity index (χ4v) is 1.90. The van der Waals surface area contributed by atoms with Crippen molar-refractivity contribution in [2.45, 2.75) is 26.4 Å². The van der Waals surface area contributed by atoms with E-state index in [1.807, 2.05) is 31.3 Å². The largest absolute Gasteiger partial charge is 0.385 e. The van der Waals surface area contributed by atoms with Crippen molar-refractivity contribution in [3.63, 3.8) is 0 Å². The smallest absolute Gasteiger partial charge is 0.203 e. The summed E-state index contributed by atoms with van der Waals surface area (Å²) in [5.41, 5.74) is 2.05. The SMILES string of the molecule is COCCCn1ccnc1NCc1cccc(C)n1. The molecule has 102 valence electrons. The van der Waals surface area contributed by atoms with Crippen LogP contribution in [0.1, 0.15) is 17.8 Å². The van der Waals surface area contributed by atoms with Gasteiger partial charge < -0.3 is 14.6 Å². The Kier molecular flexibility index (Phi) is 4.92. The minimum Gasteiger partial charge on any atom is -0.385 e. The summed E-state index contributed by atoms with van der Waals surface area (Å²) in [5, 5.41) is 3.31. The second-order valence-electron chi connectivity index (χ2n) is 4.41. The van der Waals surface area contributed by atoms with Crippen molar-refractivity contribution in [1.29, 1.82) is 0 Å². The van der Waals surface area contributed by atoms with Gasteiger partial charge >= 0.3 is 0 Å². The number of aryl methyl sites for hydroxylation is 2. The van der Waals surface area contributed by atoms with E-state index in [9.17, 15) is 0 Å². The number of nitrogens with one attached hydrogen (secondary N) is 1. The van der Waals surface area contributed by atoms with Crippen molar-refractivity contribution < 1.29 is 4.74 Å². The summed E-state index contributed by atoms with van der Waals surface area (Å²) in [7, 11) is 1.72. The number of anilines is 1. The molecule has 0 fully saturated rings. The zero-order valence-corrected chi connectivity index (χ0v) is 11.5. The van der Waals surface area contributed by atoms with Crippen molar-refractivity contribution in [2.75, 3.05) is 19.0 Å². The van der Waals surface area contributed by atoms with Crippen molar-refractivity contribution in [3.8, 4) is 0 Å². The highest BCUT2D eigenvalue weighted by Gasteiger charge is 2.02. The Balaban J connectivity index is 1.90. The Morgan fingerprint density at radius 2 is 2.26 bits per heavy atom. The molecule has 0 radical (unpaired) electrons. The van der Waals surface area contributed by atoms with Gasteiger partial charge in [0.05, 0.1) is 12.2 Å². The van der Waals surface area contributed by atoms with E-state index < -0.39 is 0 Å². The maximum atomic E-state index is 5.06. The third-order valence-electron chi connectivity index (χ3n) is 2.84. The van der Waals surface area contributed by atoms with Crippen LogP contribution in [-0.2, 0) is 17.8 Å². The fourth-order valence-electron chi connectivity index (χ4n) is 1.90. The van der Waals surface area contributed by atoms with E-state index in [1.54, 1.807) is 13.3 Å². The van der Waals surface area contributed by atoms with Gasteiger partial charge in [0, 0.05) is 38.3 Å². The van der Waals surface area contributed by atoms with Crippen LogP contribution in [0.4, 0.5) is 5.95 Å². The maximum absolute atomic E-state index is 5.06. The van der Waals surface area contributed by atoms with Gasteiger partial charge in [-0.25, -0.2) is 4.98 Å². The van der Waals surface area contributed by atoms with E-state index in [2.05, 4.69) is 19.9 Å². The first kappa shape index (κ1) is 13.5. The Morgan fingerprint density at radius 1 is 1.37 bits per heavy atom. The number of hydrogen-bond donors (Lipinski definition) is 1. The topological polar surface area (TPSA) is 52.0 Å². The Morgan fingerprint density at radius 3 is 3.05 bits per heavy atom. The molecule has 0 amide bonds. The van der Waals surface area contributed by atoms with Gasteiger partial charge in [-0.15, -0.1) is 0 Å². The molecule has 2 heterocycles. The molecule has 1 N–H and O–H groups in total. The molecule has 0 aliphatic rings. The first-order valence-corrected chi connectivity index (χ1v) is 6.46. The molecule has 5 heteroatoms. The second kappa shape index (κ2) is 6.89. The standard InChI is InChI=1S/C14H20N4O/c1-12-5-3-6-13(17-12)11-16-14-15-7-9-18(14)8-4-10-19-2/h3,5-7,9H,4,8,10-11H2,1-2H3,(H,15,16). The van der Waals surface area contributed by atoms with Crippen molar-refractivity contribution in [2.24, 2.45) is 0 Å². The molecule has 0 unspecified atom stereocenters. The molecule has 0 bridgehead atoms. The van der Waals surface area contributed by atoms with Crippen LogP contribution in [0.2, 0.25) is 0 Å². The zero-order valence-electron chi connectivity index (χ0n) is 11.5. The minimum absolute atomic E-state index is 0.684. The molecule has 19 heavy (non-hydrogen) atoms. The lowest BCUT2D eigenvalue weighted by Crippen LogP contribution is -2.09. The molecule has 0 aliphatic heterocycles. The molecule has 2 aromatic heterocycles. The van der Waals surface area contributed by atoms with Gasteiger partial charge in [0.2, 0.25) is 5.95 Å². The lowest BCUT2D eigenvalue weighted by Gasteiger charge is -2.09. The summed E-state index contributed by atoms with van der Waals surface area (Å²) >= 11 is 0. The normalized spacial score (nSPS) is 10.6. The molecule has 0 spiro atoms. The second-order valence-corrected chi connectivity index (χ2v) is 4.41. The zero-order chi connectivity index (χ0) is 13.5. The molecular formula is C14H20N4O. The molecule has 2 aromatic rings. The van der Waals surface area contributed by atoms with Crippen molar-refractivity contribution in [3.05, 3.63) is 42.0 Å². The molecule has 0 saturated carbocycles. The van der Waals surface area contributed by atoms with Crippen LogP contribution in [0.3, 0.4) is 0 Å². The molecular weight excluding hydrogens is 240 g/mol. The van der Waals surface area contributed by atoms with Gasteiger partial charge in [-0.2, -0.15) is 0 Å². The van der Waals surface area contributed by atoms with Gasteiger partial charge in [0.15, 0.2) is 0 Å². The molecule has 0 aliphatic carbocycles. The van der Waals surface area contributed by atoms with Gasteiger partial charge in [-0.05, 0) is 25.5 Å². The summed E-state index contributed by atoms with van der Waals surface area (Å²) in [6.07, 6.45) is 4.75. The van der Waals surface area contributed by atoms with Gasteiger partial charge in [0.1, 0.15) is 0 Å². The van der Waals surface area contributed by atoms with Crippen LogP contribution in [0.25, 0.3) is 0 Å². The number of aromatic nitrogens is 3. The highest BCUT2D eigenvalue weighted by atomic mass is 16.5. The number of hydrogen-bond acceptors (Lipinski definition) is 4. The highest BCUT2D eigenvalue weighted by molar-refractivity contribution is 5.27. The van der Waals surface area contributed by atoms with E-state index in [0.717, 1.165) is 36.9 Å². The lowest BCUT2D eigenvalue weighted by molar-refractivity contribution is 0.190. The first-order chi connectivity index (χ1) is 9.29. The monoisotopic (exact) mass is 260 g/mol. The molecule has 0 atom stereocenters. The van der Waals surface area contributed by atoms with Crippen LogP contribution < -0.4 is 5.32 Å². The third kappa shape index (κ3) is 4.06. The maximum Gasteiger partial charge on any atom is 0.203 e. The predicted molar refractivity (Wildman–Crippen MR) is 75.0 cm³/mol. The average Bonchev–Trinajstić information content (AvgIpc) is 2.84. The van der Waals surface area contributed by atoms with Gasteiger partial charge in [-0.1, -0.05) is 6.07 Å². The minimum atomic E-state index is 0.684. The third-order valence-corrected chi connectivity index (χ3v) is 2.84. The van der Waals surface area contributed by atoms with E-state index in [1.165, 1.54) is 0 Å². The fraction of sp³-hybridized carbons (Fsp3) is 0.429. The van der Waals surface area contributed by atoms with E-state index >= 15 is 0 Å². The van der Waals surface area contributed by atoms with Crippen molar-refractivity contribution >= 4 is 5.95 Å². The number of methoxy groups -OCH3 is 1. The van der Waals surface area contributed by atoms with Crippen molar-refractivity contribution in [1.82, 2.24) is 14.5 Å². The summed E-state index contributed by atoms with van der Waals surface area (Å²) in [6.45, 7) is 4.34. The van der Waals surface area contributed by atoms with E-state index in [-0.39, 0.29) is 0 Å². The van der Waals surface area contributed by atoms with E-state index in [4.69, 9.17) is 4.74 Å². The summed E-state index contributed by atoms with van der Waals surface area (Å²) in [6, 6.07) is 6.03. The lowest BCUT2D eigenvalue weighted by atomic mass is 10.3. The Hall–Kier alpha value is -1.88. The van der Waals surface area contributed by atoms with Crippen LogP contribution >= 0.6 is 0 Å². The molecule has 0 saturated heterocycles. The Labute approximate surface area is 113 Å². The van der Waals surface area contributed by atoms with Crippen LogP contribution in [-0.4, -0.2) is 28.3 Å². The molecule has 2 rings (SSSR count). The van der Waals surface area contributed by atoms with E-state index in [0.29, 0.717) is 6.54 Å². The molecule has 0 aromatic carbocycles. The van der Waals surface area contributed by atoms with Crippen LogP contribution in [0.15, 0.2) is 30.6 Å². The van der Waals surface area contributed by atoms with Crippen LogP contribution in [0.5, 0.6) is 0 Å². The summed E-state index contributed by atoms with van der Waals surface area (Å²) in [4.78, 5) is 8.77. The number of rotatable bonds is 7. The summed E-state index contributed by atoms with van der Waals surface area (Å²) < 4.78 is 7.15. The van der Waals surface area contributed by atoms with Gasteiger partial charge in [0.25, 0.3) is 0 Å². The Bertz CT molecular complexity index is 510. The van der Waals surface area contributed by atoms with Gasteiger partial charge in [-0.3, -0.25) is 4.98 Å². The quantitative estimate of drug-likeness (QED) is 0.776. The number of nitrogens with zero attached hydrogens (tertiary/aromatic N) is 3. The molecule has 5 nitrogen and oxygen atoms in total. The predicted octanol–water partition coefficient (Wildman–Crippen LogP) is 2.24. The van der Waals surface area contributed by atoms with Crippen LogP contribution in [0, 0.1) is 6.92 Å². The first-order valence-electron chi connectivity index (χ1n) is 6.46. The number of imidazole rings is 1. The highest BCUT2D eigenvalue weighted by Crippen LogP contribution is 2.07. The number of ether oxygens (including phenoxy) is 1. The number of pyridine rings is 1. The summed E-state index contributed by atoms with van der Waals surface area (Å²) in [5.74, 6) is 0.874. The average molecular weight is 260 g/mol.